The Kier molecular flexibility index (Phi) is 2.95. The van der Waals surface area contributed by atoms with Gasteiger partial charge in [0.25, 0.3) is 5.88 Å². The molecule has 0 saturated heterocycles. The van der Waals surface area contributed by atoms with Crippen molar-refractivity contribution in [3.05, 3.63) is 30.9 Å². The topological polar surface area (TPSA) is 84.0 Å². The van der Waals surface area contributed by atoms with Gasteiger partial charge in [-0.25, -0.2) is 4.98 Å². The maximum atomic E-state index is 10.6. The van der Waals surface area contributed by atoms with Crippen LogP contribution in [0.4, 0.5) is 0 Å². The van der Waals surface area contributed by atoms with Crippen molar-refractivity contribution >= 4 is 21.7 Å². The van der Waals surface area contributed by atoms with Gasteiger partial charge < -0.3 is 0 Å². The molecule has 0 unspecified atom stereocenters. The third kappa shape index (κ3) is 2.81. The third-order valence-electron chi connectivity index (χ3n) is 1.81. The molecule has 2 rings (SSSR count). The summed E-state index contributed by atoms with van der Waals surface area (Å²) in [5.74, 6) is -0.455. The SMILES string of the molecule is O=S(=O)(O)C[n+]1ccc(-c2ncns2)cc1. The fourth-order valence-electron chi connectivity index (χ4n) is 1.17. The van der Waals surface area contributed by atoms with Gasteiger partial charge in [-0.05, 0) is 11.5 Å². The van der Waals surface area contributed by atoms with E-state index in [4.69, 9.17) is 4.55 Å². The van der Waals surface area contributed by atoms with E-state index < -0.39 is 16.0 Å². The Morgan fingerprint density at radius 2 is 2.06 bits per heavy atom. The normalized spacial score (nSPS) is 11.6. The maximum Gasteiger partial charge on any atom is 0.326 e. The van der Waals surface area contributed by atoms with Crippen molar-refractivity contribution in [2.45, 2.75) is 5.88 Å². The first-order valence-electron chi connectivity index (χ1n) is 4.26. The third-order valence-corrected chi connectivity index (χ3v) is 3.15. The first-order valence-corrected chi connectivity index (χ1v) is 6.64. The molecule has 6 nitrogen and oxygen atoms in total. The van der Waals surface area contributed by atoms with Gasteiger partial charge >= 0.3 is 10.1 Å². The van der Waals surface area contributed by atoms with Gasteiger partial charge in [0.2, 0.25) is 0 Å². The number of hydrogen-bond donors (Lipinski definition) is 1. The van der Waals surface area contributed by atoms with Gasteiger partial charge in [0, 0.05) is 17.7 Å². The Balaban J connectivity index is 2.24. The van der Waals surface area contributed by atoms with E-state index in [9.17, 15) is 8.42 Å². The predicted molar refractivity (Wildman–Crippen MR) is 57.1 cm³/mol. The maximum absolute atomic E-state index is 10.6. The van der Waals surface area contributed by atoms with Gasteiger partial charge in [0.15, 0.2) is 12.4 Å². The quantitative estimate of drug-likeness (QED) is 0.634. The molecule has 0 radical (unpaired) electrons. The number of nitrogens with zero attached hydrogens (tertiary/aromatic N) is 3. The zero-order valence-electron chi connectivity index (χ0n) is 8.02. The highest BCUT2D eigenvalue weighted by Gasteiger charge is 2.12. The van der Waals surface area contributed by atoms with E-state index in [2.05, 4.69) is 9.36 Å². The predicted octanol–water partition coefficient (Wildman–Crippen LogP) is 0.338. The molecule has 0 fully saturated rings. The second kappa shape index (κ2) is 4.24. The van der Waals surface area contributed by atoms with Gasteiger partial charge in [0.1, 0.15) is 11.3 Å². The van der Waals surface area contributed by atoms with Crippen LogP contribution in [0.1, 0.15) is 0 Å². The van der Waals surface area contributed by atoms with E-state index in [-0.39, 0.29) is 0 Å². The molecule has 0 atom stereocenters. The molecule has 0 amide bonds. The molecule has 0 saturated carbocycles. The first kappa shape index (κ1) is 11.1. The highest BCUT2D eigenvalue weighted by molar-refractivity contribution is 7.84. The molecule has 0 spiro atoms. The van der Waals surface area contributed by atoms with Gasteiger partial charge in [-0.15, -0.1) is 0 Å². The van der Waals surface area contributed by atoms with E-state index in [0.717, 1.165) is 10.6 Å². The van der Waals surface area contributed by atoms with Gasteiger partial charge in [-0.1, -0.05) is 0 Å². The van der Waals surface area contributed by atoms with Crippen LogP contribution in [0.15, 0.2) is 30.9 Å². The molecule has 1 N–H and O–H groups in total. The monoisotopic (exact) mass is 258 g/mol. The molecule has 0 aliphatic rings. The summed E-state index contributed by atoms with van der Waals surface area (Å²) < 4.78 is 35.1. The zero-order chi connectivity index (χ0) is 11.6. The second-order valence-corrected chi connectivity index (χ2v) is 5.26. The Labute approximate surface area is 96.1 Å². The lowest BCUT2D eigenvalue weighted by molar-refractivity contribution is -0.678. The Morgan fingerprint density at radius 3 is 2.56 bits per heavy atom. The van der Waals surface area contributed by atoms with Crippen LogP contribution in [0.3, 0.4) is 0 Å². The van der Waals surface area contributed by atoms with Crippen LogP contribution in [0.2, 0.25) is 0 Å². The van der Waals surface area contributed by atoms with E-state index in [1.165, 1.54) is 22.4 Å². The molecule has 2 aromatic heterocycles. The van der Waals surface area contributed by atoms with Crippen LogP contribution in [0.25, 0.3) is 10.6 Å². The van der Waals surface area contributed by atoms with Crippen LogP contribution >= 0.6 is 11.5 Å². The van der Waals surface area contributed by atoms with E-state index >= 15 is 0 Å². The summed E-state index contributed by atoms with van der Waals surface area (Å²) in [5, 5.41) is 0.763. The van der Waals surface area contributed by atoms with Crippen molar-refractivity contribution in [3.63, 3.8) is 0 Å². The van der Waals surface area contributed by atoms with Crippen LogP contribution in [-0.2, 0) is 16.0 Å². The number of pyridine rings is 1. The lowest BCUT2D eigenvalue weighted by Crippen LogP contribution is -2.36. The molecule has 8 heteroatoms. The number of aromatic nitrogens is 3. The highest BCUT2D eigenvalue weighted by atomic mass is 32.2. The summed E-state index contributed by atoms with van der Waals surface area (Å²) in [5.41, 5.74) is 0.856. The molecular weight excluding hydrogens is 250 g/mol. The Morgan fingerprint density at radius 1 is 1.38 bits per heavy atom. The van der Waals surface area contributed by atoms with E-state index in [0.29, 0.717) is 0 Å². The fraction of sp³-hybridized carbons (Fsp3) is 0.125. The van der Waals surface area contributed by atoms with Crippen molar-refractivity contribution in [3.8, 4) is 10.6 Å². The smallest absolute Gasteiger partial charge is 0.281 e. The average Bonchev–Trinajstić information content (AvgIpc) is 2.69. The highest BCUT2D eigenvalue weighted by Crippen LogP contribution is 2.17. The van der Waals surface area contributed by atoms with Gasteiger partial charge in [0.05, 0.1) is 0 Å². The van der Waals surface area contributed by atoms with Gasteiger partial charge in [-0.2, -0.15) is 17.4 Å². The molecule has 84 valence electrons. The molecule has 0 aliphatic carbocycles. The molecule has 0 aliphatic heterocycles. The largest absolute Gasteiger partial charge is 0.326 e. The number of rotatable bonds is 3. The molecule has 2 heterocycles. The molecule has 2 aromatic rings. The minimum atomic E-state index is -4.01. The summed E-state index contributed by atoms with van der Waals surface area (Å²) >= 11 is 1.26. The van der Waals surface area contributed by atoms with E-state index in [1.54, 1.807) is 24.5 Å². The van der Waals surface area contributed by atoms with Crippen molar-refractivity contribution in [1.82, 2.24) is 9.36 Å². The molecule has 16 heavy (non-hydrogen) atoms. The minimum Gasteiger partial charge on any atom is -0.281 e. The van der Waals surface area contributed by atoms with Crippen LogP contribution in [0.5, 0.6) is 0 Å². The van der Waals surface area contributed by atoms with Crippen LogP contribution < -0.4 is 4.57 Å². The van der Waals surface area contributed by atoms with Crippen molar-refractivity contribution in [2.75, 3.05) is 0 Å². The Hall–Kier alpha value is -1.38. The molecular formula is C8H8N3O3S2+. The van der Waals surface area contributed by atoms with Crippen molar-refractivity contribution in [1.29, 1.82) is 0 Å². The number of hydrogen-bond acceptors (Lipinski definition) is 5. The van der Waals surface area contributed by atoms with Crippen molar-refractivity contribution in [2.24, 2.45) is 0 Å². The van der Waals surface area contributed by atoms with Crippen LogP contribution in [-0.4, -0.2) is 22.3 Å². The molecule has 0 bridgehead atoms. The molecule has 0 aromatic carbocycles. The summed E-state index contributed by atoms with van der Waals surface area (Å²) in [6.07, 6.45) is 4.58. The van der Waals surface area contributed by atoms with Crippen molar-refractivity contribution < 1.29 is 17.5 Å². The lowest BCUT2D eigenvalue weighted by atomic mass is 10.3. The van der Waals surface area contributed by atoms with Gasteiger partial charge in [-0.3, -0.25) is 4.55 Å². The van der Waals surface area contributed by atoms with Crippen LogP contribution in [0, 0.1) is 0 Å². The fourth-order valence-corrected chi connectivity index (χ4v) is 2.25. The minimum absolute atomic E-state index is 0.455. The standard InChI is InChI=1S/C8H7N3O3S2/c12-16(13,14)6-11-3-1-7(2-4-11)8-9-5-10-15-8/h1-5H,6H2/p+1. The Bertz CT molecular complexity index is 563. The summed E-state index contributed by atoms with van der Waals surface area (Å²) in [4.78, 5) is 4.02. The zero-order valence-corrected chi connectivity index (χ0v) is 9.65. The lowest BCUT2D eigenvalue weighted by Gasteiger charge is -1.95. The summed E-state index contributed by atoms with van der Waals surface area (Å²) in [7, 11) is -4.01. The summed E-state index contributed by atoms with van der Waals surface area (Å²) in [6, 6.07) is 3.43. The first-order chi connectivity index (χ1) is 7.54. The summed E-state index contributed by atoms with van der Waals surface area (Å²) in [6.45, 7) is 0. The second-order valence-electron chi connectivity index (χ2n) is 3.06. The average molecular weight is 258 g/mol. The van der Waals surface area contributed by atoms with E-state index in [1.807, 2.05) is 0 Å².